The van der Waals surface area contributed by atoms with Crippen molar-refractivity contribution in [1.82, 2.24) is 4.98 Å². The maximum atomic E-state index is 12.6. The Hall–Kier alpha value is -1.12. The Labute approximate surface area is 115 Å². The highest BCUT2D eigenvalue weighted by atomic mass is 79.9. The quantitative estimate of drug-likeness (QED) is 0.899. The van der Waals surface area contributed by atoms with Crippen LogP contribution in [0.2, 0.25) is 0 Å². The number of methoxy groups -OCH3 is 1. The van der Waals surface area contributed by atoms with Gasteiger partial charge in [0.05, 0.1) is 5.56 Å². The first kappa shape index (κ1) is 14.3. The Morgan fingerprint density at radius 2 is 2.16 bits per heavy atom. The van der Waals surface area contributed by atoms with E-state index in [1.54, 1.807) is 0 Å². The van der Waals surface area contributed by atoms with E-state index in [4.69, 9.17) is 4.74 Å². The number of halogens is 4. The lowest BCUT2D eigenvalue weighted by atomic mass is 10.2. The summed E-state index contributed by atoms with van der Waals surface area (Å²) < 4.78 is 43.4. The van der Waals surface area contributed by atoms with Crippen LogP contribution in [0.4, 0.5) is 19.0 Å². The first-order valence-corrected chi connectivity index (χ1v) is 6.03. The highest BCUT2D eigenvalue weighted by Gasteiger charge is 2.36. The van der Waals surface area contributed by atoms with Gasteiger partial charge in [0.25, 0.3) is 0 Å². The summed E-state index contributed by atoms with van der Waals surface area (Å²) in [6.07, 6.45) is -3.75. The fourth-order valence-corrected chi connectivity index (χ4v) is 2.39. The van der Waals surface area contributed by atoms with E-state index in [0.717, 1.165) is 18.3 Å². The van der Waals surface area contributed by atoms with Crippen LogP contribution >= 0.6 is 15.9 Å². The zero-order chi connectivity index (χ0) is 14.2. The van der Waals surface area contributed by atoms with Crippen LogP contribution in [0, 0.1) is 0 Å². The second-order valence-electron chi connectivity index (χ2n) is 3.89. The van der Waals surface area contributed by atoms with Crippen LogP contribution in [0.25, 0.3) is 0 Å². The third kappa shape index (κ3) is 2.75. The van der Waals surface area contributed by atoms with E-state index in [-0.39, 0.29) is 5.82 Å². The summed E-state index contributed by atoms with van der Waals surface area (Å²) in [6.45, 7) is 0. The van der Waals surface area contributed by atoms with Crippen molar-refractivity contribution in [2.24, 2.45) is 0 Å². The number of ether oxygens (including phenoxy) is 1. The SMILES string of the molecule is COC1C(Br)=CN(c2cc(C(F)(F)F)ccn2)C1O. The molecule has 1 aromatic rings. The number of alkyl halides is 3. The number of rotatable bonds is 2. The van der Waals surface area contributed by atoms with E-state index >= 15 is 0 Å². The van der Waals surface area contributed by atoms with Crippen LogP contribution in [-0.2, 0) is 10.9 Å². The molecule has 2 unspecified atom stereocenters. The molecule has 1 aliphatic heterocycles. The Balaban J connectivity index is 2.34. The molecule has 0 aromatic carbocycles. The summed E-state index contributed by atoms with van der Waals surface area (Å²) in [5.74, 6) is -0.00109. The smallest absolute Gasteiger partial charge is 0.371 e. The number of anilines is 1. The van der Waals surface area contributed by atoms with E-state index in [1.165, 1.54) is 18.2 Å². The number of aliphatic hydroxyl groups is 1. The third-order valence-electron chi connectivity index (χ3n) is 2.68. The van der Waals surface area contributed by atoms with E-state index in [0.29, 0.717) is 4.48 Å². The van der Waals surface area contributed by atoms with Gasteiger partial charge in [-0.25, -0.2) is 4.98 Å². The molecule has 0 amide bonds. The van der Waals surface area contributed by atoms with Crippen molar-refractivity contribution in [2.45, 2.75) is 18.5 Å². The molecule has 0 saturated heterocycles. The molecule has 0 spiro atoms. The van der Waals surface area contributed by atoms with Gasteiger partial charge in [0.15, 0.2) is 6.23 Å². The van der Waals surface area contributed by atoms with Crippen molar-refractivity contribution < 1.29 is 23.0 Å². The molecule has 104 valence electrons. The predicted molar refractivity (Wildman–Crippen MR) is 65.5 cm³/mol. The second kappa shape index (κ2) is 5.10. The van der Waals surface area contributed by atoms with Crippen molar-refractivity contribution in [3.05, 3.63) is 34.6 Å². The first-order valence-electron chi connectivity index (χ1n) is 5.24. The first-order chi connectivity index (χ1) is 8.84. The minimum Gasteiger partial charge on any atom is -0.371 e. The molecular formula is C11H10BrF3N2O2. The molecule has 0 radical (unpaired) electrons. The van der Waals surface area contributed by atoms with E-state index in [2.05, 4.69) is 20.9 Å². The van der Waals surface area contributed by atoms with E-state index in [9.17, 15) is 18.3 Å². The molecule has 2 rings (SSSR count). The molecule has 1 aliphatic rings. The molecule has 4 nitrogen and oxygen atoms in total. The molecule has 0 saturated carbocycles. The molecular weight excluding hydrogens is 329 g/mol. The van der Waals surface area contributed by atoms with Crippen molar-refractivity contribution in [2.75, 3.05) is 12.0 Å². The molecule has 1 aromatic heterocycles. The maximum Gasteiger partial charge on any atom is 0.416 e. The summed E-state index contributed by atoms with van der Waals surface area (Å²) in [6, 6.07) is 1.75. The van der Waals surface area contributed by atoms with Gasteiger partial charge in [0.1, 0.15) is 11.9 Å². The average molecular weight is 339 g/mol. The Bertz CT molecular complexity index is 507. The van der Waals surface area contributed by atoms with Crippen molar-refractivity contribution in [1.29, 1.82) is 0 Å². The van der Waals surface area contributed by atoms with Gasteiger partial charge < -0.3 is 14.7 Å². The molecule has 2 heterocycles. The molecule has 0 fully saturated rings. The summed E-state index contributed by atoms with van der Waals surface area (Å²) in [5, 5.41) is 9.96. The lowest BCUT2D eigenvalue weighted by Crippen LogP contribution is -2.36. The highest BCUT2D eigenvalue weighted by molar-refractivity contribution is 9.11. The van der Waals surface area contributed by atoms with E-state index < -0.39 is 24.1 Å². The van der Waals surface area contributed by atoms with Crippen LogP contribution < -0.4 is 4.90 Å². The van der Waals surface area contributed by atoms with Gasteiger partial charge in [0, 0.05) is 24.0 Å². The largest absolute Gasteiger partial charge is 0.416 e. The topological polar surface area (TPSA) is 45.6 Å². The lowest BCUT2D eigenvalue weighted by Gasteiger charge is -2.23. The summed E-state index contributed by atoms with van der Waals surface area (Å²) in [7, 11) is 1.39. The van der Waals surface area contributed by atoms with Gasteiger partial charge in [-0.15, -0.1) is 0 Å². The maximum absolute atomic E-state index is 12.6. The number of hydrogen-bond acceptors (Lipinski definition) is 4. The normalized spacial score (nSPS) is 23.7. The second-order valence-corrected chi connectivity index (χ2v) is 4.81. The number of hydrogen-bond donors (Lipinski definition) is 1. The standard InChI is InChI=1S/C11H10BrF3N2O2/c1-19-9-7(12)5-17(10(9)18)8-4-6(2-3-16-8)11(13,14)15/h2-5,9-10,18H,1H3. The molecule has 0 aliphatic carbocycles. The minimum absolute atomic E-state index is 0.00109. The Morgan fingerprint density at radius 3 is 2.68 bits per heavy atom. The zero-order valence-corrected chi connectivity index (χ0v) is 11.3. The Kier molecular flexibility index (Phi) is 3.84. The van der Waals surface area contributed by atoms with Crippen LogP contribution in [0.15, 0.2) is 29.0 Å². The fraction of sp³-hybridized carbons (Fsp3) is 0.364. The third-order valence-corrected chi connectivity index (χ3v) is 3.34. The molecule has 0 bridgehead atoms. The fourth-order valence-electron chi connectivity index (χ4n) is 1.74. The zero-order valence-electron chi connectivity index (χ0n) is 9.73. The van der Waals surface area contributed by atoms with Gasteiger partial charge in [-0.2, -0.15) is 13.2 Å². The van der Waals surface area contributed by atoms with Crippen LogP contribution in [-0.4, -0.2) is 29.5 Å². The molecule has 1 N–H and O–H groups in total. The Morgan fingerprint density at radius 1 is 1.47 bits per heavy atom. The average Bonchev–Trinajstić information content (AvgIpc) is 2.63. The van der Waals surface area contributed by atoms with Gasteiger partial charge >= 0.3 is 6.18 Å². The number of aromatic nitrogens is 1. The minimum atomic E-state index is -4.45. The van der Waals surface area contributed by atoms with Crippen LogP contribution in [0.3, 0.4) is 0 Å². The van der Waals surface area contributed by atoms with Gasteiger partial charge in [-0.05, 0) is 12.1 Å². The predicted octanol–water partition coefficient (Wildman–Crippen LogP) is 2.49. The van der Waals surface area contributed by atoms with Crippen molar-refractivity contribution in [3.63, 3.8) is 0 Å². The van der Waals surface area contributed by atoms with Crippen molar-refractivity contribution >= 4 is 21.7 Å². The summed E-state index contributed by atoms with van der Waals surface area (Å²) in [5.41, 5.74) is -0.824. The molecule has 8 heteroatoms. The van der Waals surface area contributed by atoms with Gasteiger partial charge in [-0.1, -0.05) is 15.9 Å². The van der Waals surface area contributed by atoms with Crippen LogP contribution in [0.5, 0.6) is 0 Å². The van der Waals surface area contributed by atoms with Crippen molar-refractivity contribution in [3.8, 4) is 0 Å². The lowest BCUT2D eigenvalue weighted by molar-refractivity contribution is -0.137. The molecule has 19 heavy (non-hydrogen) atoms. The highest BCUT2D eigenvalue weighted by Crippen LogP contribution is 2.34. The summed E-state index contributed by atoms with van der Waals surface area (Å²) in [4.78, 5) is 5.05. The van der Waals surface area contributed by atoms with E-state index in [1.807, 2.05) is 0 Å². The van der Waals surface area contributed by atoms with Crippen LogP contribution in [0.1, 0.15) is 5.56 Å². The summed E-state index contributed by atoms with van der Waals surface area (Å²) >= 11 is 3.19. The number of aliphatic hydroxyl groups excluding tert-OH is 1. The number of nitrogens with zero attached hydrogens (tertiary/aromatic N) is 2. The number of pyridine rings is 1. The molecule has 2 atom stereocenters. The monoisotopic (exact) mass is 338 g/mol. The van der Waals surface area contributed by atoms with Gasteiger partial charge in [-0.3, -0.25) is 0 Å². The van der Waals surface area contributed by atoms with Gasteiger partial charge in [0.2, 0.25) is 0 Å².